The van der Waals surface area contributed by atoms with Crippen LogP contribution >= 0.6 is 0 Å². The summed E-state index contributed by atoms with van der Waals surface area (Å²) >= 11 is 0. The number of rotatable bonds is 56. The second kappa shape index (κ2) is 64.1. The molecule has 77 heavy (non-hydrogen) atoms. The Kier molecular flexibility index (Phi) is 60.4. The van der Waals surface area contributed by atoms with Crippen LogP contribution in [0.3, 0.4) is 0 Å². The van der Waals surface area contributed by atoms with Gasteiger partial charge in [0.1, 0.15) is 13.2 Å². The molecule has 0 aliphatic carbocycles. The molecule has 0 aliphatic heterocycles. The van der Waals surface area contributed by atoms with E-state index in [-0.39, 0.29) is 31.6 Å². The Bertz CT molecular complexity index is 1650. The van der Waals surface area contributed by atoms with E-state index in [2.05, 4.69) is 148 Å². The van der Waals surface area contributed by atoms with Crippen molar-refractivity contribution >= 4 is 17.9 Å². The highest BCUT2D eigenvalue weighted by Crippen LogP contribution is 2.15. The minimum atomic E-state index is -0.828. The molecule has 0 amide bonds. The number of carbonyl (C=O) groups excluding carboxylic acids is 3. The van der Waals surface area contributed by atoms with Gasteiger partial charge >= 0.3 is 17.9 Å². The van der Waals surface area contributed by atoms with Crippen molar-refractivity contribution in [2.75, 3.05) is 13.2 Å². The smallest absolute Gasteiger partial charge is 0.306 e. The van der Waals surface area contributed by atoms with E-state index in [0.717, 1.165) is 116 Å². The first kappa shape index (κ1) is 72.5. The summed E-state index contributed by atoms with van der Waals surface area (Å²) in [6, 6.07) is 0. The van der Waals surface area contributed by atoms with E-state index in [1.165, 1.54) is 116 Å². The van der Waals surface area contributed by atoms with E-state index in [4.69, 9.17) is 14.2 Å². The molecule has 0 aromatic heterocycles. The first-order valence-electron chi connectivity index (χ1n) is 31.7. The van der Waals surface area contributed by atoms with Gasteiger partial charge in [-0.05, 0) is 122 Å². The standard InChI is InChI=1S/C71H116O6/c1-4-7-10-13-16-19-22-25-28-30-32-33-34-35-36-37-39-40-43-46-49-52-55-58-61-64-70(73)76-67-68(66-75-69(72)63-60-57-54-51-48-45-42-27-24-21-18-15-12-9-6-3)77-71(74)65-62-59-56-53-50-47-44-41-38-31-29-26-23-20-17-14-11-8-5-2/h7-8,10-11,16-17,19-20,25-29,32-33,38,41-42,47,50,56,59,68H,4-6,9,12-15,18,21-24,30-31,34-37,39-40,43-46,48-49,51-55,57-58,60-67H2,1-3H3/b10-7-,11-8-,19-16-,20-17-,28-25-,29-26-,33-32-,41-38-,42-27-,50-47-,59-56-. The predicted molar refractivity (Wildman–Crippen MR) is 334 cm³/mol. The lowest BCUT2D eigenvalue weighted by Gasteiger charge is -2.18. The van der Waals surface area contributed by atoms with E-state index in [9.17, 15) is 14.4 Å². The summed E-state index contributed by atoms with van der Waals surface area (Å²) in [5.74, 6) is -1.01. The fourth-order valence-corrected chi connectivity index (χ4v) is 8.45. The van der Waals surface area contributed by atoms with Crippen molar-refractivity contribution < 1.29 is 28.6 Å². The first-order chi connectivity index (χ1) is 38.0. The Morgan fingerprint density at radius 2 is 0.532 bits per heavy atom. The van der Waals surface area contributed by atoms with Gasteiger partial charge in [0, 0.05) is 19.3 Å². The molecule has 0 saturated carbocycles. The van der Waals surface area contributed by atoms with Crippen molar-refractivity contribution in [3.8, 4) is 0 Å². The topological polar surface area (TPSA) is 78.9 Å². The molecule has 0 heterocycles. The summed E-state index contributed by atoms with van der Waals surface area (Å²) in [6.07, 6.45) is 90.4. The van der Waals surface area contributed by atoms with Gasteiger partial charge in [-0.3, -0.25) is 14.4 Å². The highest BCUT2D eigenvalue weighted by atomic mass is 16.6. The quantitative estimate of drug-likeness (QED) is 0.0261. The van der Waals surface area contributed by atoms with Crippen LogP contribution in [0.2, 0.25) is 0 Å². The van der Waals surface area contributed by atoms with Gasteiger partial charge in [-0.25, -0.2) is 0 Å². The highest BCUT2D eigenvalue weighted by Gasteiger charge is 2.19. The molecule has 0 spiro atoms. The Balaban J connectivity index is 4.45. The van der Waals surface area contributed by atoms with E-state index in [1.807, 2.05) is 6.08 Å². The number of carbonyl (C=O) groups is 3. The molecule has 0 aromatic rings. The second-order valence-corrected chi connectivity index (χ2v) is 20.5. The van der Waals surface area contributed by atoms with Crippen LogP contribution in [0.4, 0.5) is 0 Å². The van der Waals surface area contributed by atoms with Gasteiger partial charge < -0.3 is 14.2 Å². The number of ether oxygens (including phenoxy) is 3. The zero-order valence-electron chi connectivity index (χ0n) is 49.9. The maximum atomic E-state index is 12.9. The Morgan fingerprint density at radius 1 is 0.273 bits per heavy atom. The Labute approximate surface area is 475 Å². The highest BCUT2D eigenvalue weighted by molar-refractivity contribution is 5.71. The molecular weight excluding hydrogens is 949 g/mol. The van der Waals surface area contributed by atoms with Crippen molar-refractivity contribution in [1.29, 1.82) is 0 Å². The summed E-state index contributed by atoms with van der Waals surface area (Å²) in [7, 11) is 0. The van der Waals surface area contributed by atoms with E-state index in [0.29, 0.717) is 19.3 Å². The van der Waals surface area contributed by atoms with Crippen LogP contribution in [0.15, 0.2) is 134 Å². The normalized spacial score (nSPS) is 13.0. The van der Waals surface area contributed by atoms with Gasteiger partial charge in [0.05, 0.1) is 0 Å². The maximum absolute atomic E-state index is 12.9. The monoisotopic (exact) mass is 1060 g/mol. The van der Waals surface area contributed by atoms with Crippen LogP contribution in [0.1, 0.15) is 278 Å². The van der Waals surface area contributed by atoms with Gasteiger partial charge in [0.2, 0.25) is 0 Å². The van der Waals surface area contributed by atoms with Gasteiger partial charge in [-0.15, -0.1) is 0 Å². The summed E-state index contributed by atoms with van der Waals surface area (Å²) in [5, 5.41) is 0. The van der Waals surface area contributed by atoms with Crippen molar-refractivity contribution in [2.45, 2.75) is 284 Å². The zero-order valence-corrected chi connectivity index (χ0v) is 49.9. The second-order valence-electron chi connectivity index (χ2n) is 20.5. The molecule has 0 saturated heterocycles. The number of esters is 3. The van der Waals surface area contributed by atoms with Crippen molar-refractivity contribution in [3.05, 3.63) is 134 Å². The zero-order chi connectivity index (χ0) is 55.7. The van der Waals surface area contributed by atoms with Gasteiger partial charge in [-0.2, -0.15) is 0 Å². The van der Waals surface area contributed by atoms with Crippen LogP contribution in [0, 0.1) is 0 Å². The maximum Gasteiger partial charge on any atom is 0.306 e. The van der Waals surface area contributed by atoms with Crippen molar-refractivity contribution in [2.24, 2.45) is 0 Å². The third-order valence-corrected chi connectivity index (χ3v) is 13.1. The van der Waals surface area contributed by atoms with Gasteiger partial charge in [0.15, 0.2) is 6.10 Å². The molecule has 0 radical (unpaired) electrons. The minimum absolute atomic E-state index is 0.115. The Morgan fingerprint density at radius 3 is 0.857 bits per heavy atom. The summed E-state index contributed by atoms with van der Waals surface area (Å²) < 4.78 is 16.8. The van der Waals surface area contributed by atoms with E-state index in [1.54, 1.807) is 0 Å². The fourth-order valence-electron chi connectivity index (χ4n) is 8.45. The molecule has 6 nitrogen and oxygen atoms in total. The number of hydrogen-bond donors (Lipinski definition) is 0. The van der Waals surface area contributed by atoms with E-state index < -0.39 is 12.1 Å². The number of unbranched alkanes of at least 4 members (excludes halogenated alkanes) is 23. The van der Waals surface area contributed by atoms with Crippen LogP contribution in [-0.2, 0) is 28.6 Å². The van der Waals surface area contributed by atoms with Crippen molar-refractivity contribution in [1.82, 2.24) is 0 Å². The average molecular weight is 1070 g/mol. The van der Waals surface area contributed by atoms with Crippen LogP contribution in [0.25, 0.3) is 0 Å². The molecule has 1 unspecified atom stereocenters. The van der Waals surface area contributed by atoms with Crippen LogP contribution in [0.5, 0.6) is 0 Å². The fraction of sp³-hybridized carbons (Fsp3) is 0.648. The molecular formula is C71H116O6. The largest absolute Gasteiger partial charge is 0.462 e. The third-order valence-electron chi connectivity index (χ3n) is 13.1. The molecule has 1 atom stereocenters. The minimum Gasteiger partial charge on any atom is -0.462 e. The summed E-state index contributed by atoms with van der Waals surface area (Å²) in [4.78, 5) is 38.3. The molecule has 0 bridgehead atoms. The molecule has 0 aliphatic rings. The lowest BCUT2D eigenvalue weighted by Crippen LogP contribution is -2.30. The number of hydrogen-bond acceptors (Lipinski definition) is 6. The molecule has 6 heteroatoms. The van der Waals surface area contributed by atoms with Crippen LogP contribution in [-0.4, -0.2) is 37.2 Å². The van der Waals surface area contributed by atoms with E-state index >= 15 is 0 Å². The lowest BCUT2D eigenvalue weighted by molar-refractivity contribution is -0.166. The molecule has 0 N–H and O–H groups in total. The van der Waals surface area contributed by atoms with Gasteiger partial charge in [-0.1, -0.05) is 270 Å². The number of allylic oxidation sites excluding steroid dienone is 22. The predicted octanol–water partition coefficient (Wildman–Crippen LogP) is 21.8. The first-order valence-corrected chi connectivity index (χ1v) is 31.7. The summed E-state index contributed by atoms with van der Waals surface area (Å²) in [6.45, 7) is 6.35. The molecule has 436 valence electrons. The third kappa shape index (κ3) is 62.3. The Hall–Kier alpha value is -4.45. The SMILES string of the molecule is CC/C=C\C/C=C\C/C=C\C/C=C\C/C=C\C/C=C\CCC(=O)OC(COC(=O)CCCCCCC/C=C\CCCCCCCC)COC(=O)CCCCCCCCCCCCCC/C=C\C/C=C\C/C=C\C/C=C\CC. The van der Waals surface area contributed by atoms with Crippen LogP contribution < -0.4 is 0 Å². The van der Waals surface area contributed by atoms with Crippen molar-refractivity contribution in [3.63, 3.8) is 0 Å². The molecule has 0 aromatic carbocycles. The summed E-state index contributed by atoms with van der Waals surface area (Å²) in [5.41, 5.74) is 0. The molecule has 0 rings (SSSR count). The average Bonchev–Trinajstić information content (AvgIpc) is 3.43. The van der Waals surface area contributed by atoms with Gasteiger partial charge in [0.25, 0.3) is 0 Å². The molecule has 0 fully saturated rings. The lowest BCUT2D eigenvalue weighted by atomic mass is 10.0.